The third-order valence-corrected chi connectivity index (χ3v) is 3.67. The maximum Gasteiger partial charge on any atom is 0.248 e. The van der Waals surface area contributed by atoms with Crippen molar-refractivity contribution in [3.8, 4) is 11.1 Å². The predicted octanol–water partition coefficient (Wildman–Crippen LogP) is 2.76. The summed E-state index contributed by atoms with van der Waals surface area (Å²) in [5, 5.41) is 4.21. The van der Waals surface area contributed by atoms with Gasteiger partial charge < -0.3 is 11.5 Å². The van der Waals surface area contributed by atoms with Crippen molar-refractivity contribution >= 4 is 11.4 Å². The van der Waals surface area contributed by atoms with E-state index in [1.54, 1.807) is 23.0 Å². The highest BCUT2D eigenvalue weighted by atomic mass is 19.3. The first-order valence-electron chi connectivity index (χ1n) is 6.49. The minimum absolute atomic E-state index is 0.00855. The van der Waals surface area contributed by atoms with Crippen molar-refractivity contribution < 1.29 is 8.78 Å². The van der Waals surface area contributed by atoms with Crippen LogP contribution < -0.4 is 11.5 Å². The highest BCUT2D eigenvalue weighted by molar-refractivity contribution is 5.73. The summed E-state index contributed by atoms with van der Waals surface area (Å²) < 4.78 is 27.3. The van der Waals surface area contributed by atoms with E-state index in [-0.39, 0.29) is 18.8 Å². The van der Waals surface area contributed by atoms with Crippen molar-refractivity contribution in [2.24, 2.45) is 5.92 Å². The zero-order valence-corrected chi connectivity index (χ0v) is 10.9. The van der Waals surface area contributed by atoms with Crippen LogP contribution in [0.2, 0.25) is 0 Å². The molecule has 1 aliphatic rings. The van der Waals surface area contributed by atoms with Crippen LogP contribution in [0.1, 0.15) is 12.8 Å². The van der Waals surface area contributed by atoms with Gasteiger partial charge in [-0.2, -0.15) is 5.10 Å². The normalized spacial score (nSPS) is 17.9. The number of hydrogen-bond acceptors (Lipinski definition) is 3. The van der Waals surface area contributed by atoms with E-state index >= 15 is 0 Å². The lowest BCUT2D eigenvalue weighted by Crippen LogP contribution is -2.37. The zero-order valence-electron chi connectivity index (χ0n) is 10.9. The fourth-order valence-corrected chi connectivity index (χ4v) is 2.55. The first-order chi connectivity index (χ1) is 9.43. The predicted molar refractivity (Wildman–Crippen MR) is 74.2 cm³/mol. The van der Waals surface area contributed by atoms with Crippen molar-refractivity contribution in [3.05, 3.63) is 30.6 Å². The zero-order chi connectivity index (χ0) is 14.3. The van der Waals surface area contributed by atoms with Crippen LogP contribution in [0.3, 0.4) is 0 Å². The van der Waals surface area contributed by atoms with Crippen LogP contribution in [0.15, 0.2) is 30.6 Å². The summed E-state index contributed by atoms with van der Waals surface area (Å²) in [6, 6.07) is 5.40. The van der Waals surface area contributed by atoms with Gasteiger partial charge in [-0.15, -0.1) is 0 Å². The van der Waals surface area contributed by atoms with Gasteiger partial charge in [0.15, 0.2) is 0 Å². The van der Waals surface area contributed by atoms with Gasteiger partial charge in [-0.1, -0.05) is 6.07 Å². The molecule has 106 valence electrons. The summed E-state index contributed by atoms with van der Waals surface area (Å²) in [6.07, 6.45) is 3.47. The maximum atomic E-state index is 12.8. The summed E-state index contributed by atoms with van der Waals surface area (Å²) in [5.74, 6) is -2.47. The number of alkyl halides is 2. The number of rotatable bonds is 3. The lowest BCUT2D eigenvalue weighted by Gasteiger charge is -2.34. The largest absolute Gasteiger partial charge is 0.397 e. The Hall–Kier alpha value is -2.11. The second kappa shape index (κ2) is 4.47. The van der Waals surface area contributed by atoms with Crippen LogP contribution in [0.4, 0.5) is 20.2 Å². The van der Waals surface area contributed by atoms with E-state index < -0.39 is 5.92 Å². The van der Waals surface area contributed by atoms with Gasteiger partial charge in [-0.3, -0.25) is 4.68 Å². The van der Waals surface area contributed by atoms with Crippen LogP contribution in [0.25, 0.3) is 11.1 Å². The molecule has 1 aliphatic carbocycles. The molecule has 4 N–H and O–H groups in total. The summed E-state index contributed by atoms with van der Waals surface area (Å²) in [5.41, 5.74) is 14.3. The van der Waals surface area contributed by atoms with Crippen molar-refractivity contribution in [3.63, 3.8) is 0 Å². The molecule has 0 spiro atoms. The summed E-state index contributed by atoms with van der Waals surface area (Å²) >= 11 is 0. The van der Waals surface area contributed by atoms with E-state index in [1.807, 2.05) is 12.3 Å². The molecule has 0 saturated heterocycles. The fraction of sp³-hybridized carbons (Fsp3) is 0.357. The fourth-order valence-electron chi connectivity index (χ4n) is 2.55. The van der Waals surface area contributed by atoms with Crippen molar-refractivity contribution in [1.29, 1.82) is 0 Å². The first kappa shape index (κ1) is 12.9. The number of nitrogen functional groups attached to an aromatic ring is 2. The standard InChI is InChI=1S/C14H16F2N4/c15-14(16)4-9(5-14)7-20-8-11(6-19-20)10-1-2-12(17)13(18)3-10/h1-3,6,8-9H,4-5,7,17-18H2. The molecule has 0 unspecified atom stereocenters. The Morgan fingerprint density at radius 3 is 2.60 bits per heavy atom. The minimum atomic E-state index is -2.48. The van der Waals surface area contributed by atoms with Gasteiger partial charge in [0.2, 0.25) is 5.92 Å². The number of benzene rings is 1. The Labute approximate surface area is 115 Å². The Balaban J connectivity index is 1.72. The molecular formula is C14H16F2N4. The van der Waals surface area contributed by atoms with Gasteiger partial charge >= 0.3 is 0 Å². The molecule has 1 fully saturated rings. The van der Waals surface area contributed by atoms with Gasteiger partial charge in [0.25, 0.3) is 0 Å². The third-order valence-electron chi connectivity index (χ3n) is 3.67. The number of anilines is 2. The Morgan fingerprint density at radius 2 is 1.95 bits per heavy atom. The molecule has 6 heteroatoms. The summed E-state index contributed by atoms with van der Waals surface area (Å²) in [4.78, 5) is 0. The molecule has 1 heterocycles. The summed E-state index contributed by atoms with van der Waals surface area (Å²) in [6.45, 7) is 0.528. The lowest BCUT2D eigenvalue weighted by molar-refractivity contribution is -0.114. The van der Waals surface area contributed by atoms with Crippen LogP contribution in [-0.4, -0.2) is 15.7 Å². The van der Waals surface area contributed by atoms with E-state index in [1.165, 1.54) is 0 Å². The molecule has 1 saturated carbocycles. The number of hydrogen-bond donors (Lipinski definition) is 2. The Bertz CT molecular complexity index is 628. The van der Waals surface area contributed by atoms with E-state index in [2.05, 4.69) is 5.10 Å². The van der Waals surface area contributed by atoms with Gasteiger partial charge in [0, 0.05) is 31.1 Å². The van der Waals surface area contributed by atoms with Gasteiger partial charge in [0.1, 0.15) is 0 Å². The molecule has 20 heavy (non-hydrogen) atoms. The number of halogens is 2. The smallest absolute Gasteiger partial charge is 0.248 e. The molecule has 0 atom stereocenters. The molecule has 1 aromatic carbocycles. The van der Waals surface area contributed by atoms with E-state index in [9.17, 15) is 8.78 Å². The molecule has 4 nitrogen and oxygen atoms in total. The Morgan fingerprint density at radius 1 is 1.20 bits per heavy atom. The number of nitrogens with zero attached hydrogens (tertiary/aromatic N) is 2. The van der Waals surface area contributed by atoms with Gasteiger partial charge in [0.05, 0.1) is 17.6 Å². The molecule has 0 aliphatic heterocycles. The first-order valence-corrected chi connectivity index (χ1v) is 6.49. The number of nitrogens with two attached hydrogens (primary N) is 2. The third kappa shape index (κ3) is 2.45. The molecule has 0 amide bonds. The van der Waals surface area contributed by atoms with Crippen LogP contribution in [0.5, 0.6) is 0 Å². The van der Waals surface area contributed by atoms with Gasteiger partial charge in [-0.05, 0) is 23.6 Å². The van der Waals surface area contributed by atoms with Crippen molar-refractivity contribution in [2.45, 2.75) is 25.3 Å². The SMILES string of the molecule is Nc1ccc(-c2cnn(CC3CC(F)(F)C3)c2)cc1N. The van der Waals surface area contributed by atoms with E-state index in [4.69, 9.17) is 11.5 Å². The quantitative estimate of drug-likeness (QED) is 0.848. The second-order valence-corrected chi connectivity index (χ2v) is 5.42. The molecule has 0 radical (unpaired) electrons. The molecule has 1 aromatic heterocycles. The van der Waals surface area contributed by atoms with Crippen molar-refractivity contribution in [2.75, 3.05) is 11.5 Å². The monoisotopic (exact) mass is 278 g/mol. The highest BCUT2D eigenvalue weighted by Gasteiger charge is 2.45. The van der Waals surface area contributed by atoms with Gasteiger partial charge in [-0.25, -0.2) is 8.78 Å². The molecule has 0 bridgehead atoms. The van der Waals surface area contributed by atoms with Crippen LogP contribution in [-0.2, 0) is 6.54 Å². The van der Waals surface area contributed by atoms with Crippen molar-refractivity contribution in [1.82, 2.24) is 9.78 Å². The minimum Gasteiger partial charge on any atom is -0.397 e. The average Bonchev–Trinajstić information content (AvgIpc) is 2.79. The average molecular weight is 278 g/mol. The Kier molecular flexibility index (Phi) is 2.88. The van der Waals surface area contributed by atoms with E-state index in [0.717, 1.165) is 11.1 Å². The second-order valence-electron chi connectivity index (χ2n) is 5.42. The lowest BCUT2D eigenvalue weighted by atomic mass is 9.81. The van der Waals surface area contributed by atoms with E-state index in [0.29, 0.717) is 17.9 Å². The van der Waals surface area contributed by atoms with Crippen LogP contribution >= 0.6 is 0 Å². The molecular weight excluding hydrogens is 262 g/mol. The summed E-state index contributed by atoms with van der Waals surface area (Å²) in [7, 11) is 0. The number of aromatic nitrogens is 2. The highest BCUT2D eigenvalue weighted by Crippen LogP contribution is 2.43. The molecule has 3 rings (SSSR count). The maximum absolute atomic E-state index is 12.8. The van der Waals surface area contributed by atoms with Crippen LogP contribution in [0, 0.1) is 5.92 Å². The topological polar surface area (TPSA) is 69.9 Å². The molecule has 2 aromatic rings.